The molecule has 0 saturated heterocycles. The standard InChI is InChI=1S/C17H14BrFO/c1-10-6-11(2)8-12(7-10)17(18)9-14-13(16(17)20)4-3-5-15(14)19/h3-8H,9H2,1-2H3. The van der Waals surface area contributed by atoms with E-state index >= 15 is 0 Å². The summed E-state index contributed by atoms with van der Waals surface area (Å²) < 4.78 is 13.1. The molecule has 1 aliphatic carbocycles. The molecule has 3 heteroatoms. The number of carbonyl (C=O) groups is 1. The molecule has 0 aliphatic heterocycles. The fraction of sp³-hybridized carbons (Fsp3) is 0.235. The summed E-state index contributed by atoms with van der Waals surface area (Å²) >= 11 is 3.59. The Bertz CT molecular complexity index is 703. The molecule has 1 unspecified atom stereocenters. The fourth-order valence-electron chi connectivity index (χ4n) is 2.93. The summed E-state index contributed by atoms with van der Waals surface area (Å²) in [6.07, 6.45) is 0.358. The Hall–Kier alpha value is -1.48. The van der Waals surface area contributed by atoms with E-state index in [1.807, 2.05) is 26.0 Å². The van der Waals surface area contributed by atoms with Crippen LogP contribution in [0, 0.1) is 19.7 Å². The van der Waals surface area contributed by atoms with E-state index in [1.54, 1.807) is 12.1 Å². The van der Waals surface area contributed by atoms with Crippen LogP contribution in [0.2, 0.25) is 0 Å². The molecule has 3 rings (SSSR count). The van der Waals surface area contributed by atoms with Crippen LogP contribution < -0.4 is 0 Å². The van der Waals surface area contributed by atoms with Gasteiger partial charge in [0.25, 0.3) is 0 Å². The number of alkyl halides is 1. The van der Waals surface area contributed by atoms with E-state index in [1.165, 1.54) is 6.07 Å². The largest absolute Gasteiger partial charge is 0.292 e. The zero-order chi connectivity index (χ0) is 14.5. The second-order valence-electron chi connectivity index (χ2n) is 5.45. The third-order valence-corrected chi connectivity index (χ3v) is 4.92. The number of ketones is 1. The maximum atomic E-state index is 13.9. The fourth-order valence-corrected chi connectivity index (χ4v) is 3.65. The number of carbonyl (C=O) groups excluding carboxylic acids is 1. The molecule has 0 amide bonds. The van der Waals surface area contributed by atoms with Gasteiger partial charge in [0.1, 0.15) is 10.1 Å². The van der Waals surface area contributed by atoms with Gasteiger partial charge in [0.05, 0.1) is 0 Å². The van der Waals surface area contributed by atoms with Crippen LogP contribution in [0.3, 0.4) is 0 Å². The highest BCUT2D eigenvalue weighted by molar-refractivity contribution is 9.10. The Balaban J connectivity index is 2.16. The number of aryl methyl sites for hydroxylation is 2. The number of rotatable bonds is 1. The number of hydrogen-bond donors (Lipinski definition) is 0. The van der Waals surface area contributed by atoms with Crippen molar-refractivity contribution < 1.29 is 9.18 Å². The number of Topliss-reactive ketones (excluding diaryl/α,β-unsaturated/α-hetero) is 1. The zero-order valence-electron chi connectivity index (χ0n) is 11.3. The van der Waals surface area contributed by atoms with Crippen molar-refractivity contribution in [3.05, 3.63) is 70.0 Å². The summed E-state index contributed by atoms with van der Waals surface area (Å²) in [7, 11) is 0. The molecule has 2 aromatic carbocycles. The summed E-state index contributed by atoms with van der Waals surface area (Å²) in [6, 6.07) is 10.7. The van der Waals surface area contributed by atoms with Gasteiger partial charge in [-0.25, -0.2) is 4.39 Å². The van der Waals surface area contributed by atoms with Gasteiger partial charge in [-0.1, -0.05) is 57.4 Å². The van der Waals surface area contributed by atoms with Crippen LogP contribution in [0.1, 0.15) is 32.6 Å². The number of hydrogen-bond acceptors (Lipinski definition) is 1. The summed E-state index contributed by atoms with van der Waals surface area (Å²) in [5.74, 6) is -0.362. The van der Waals surface area contributed by atoms with E-state index in [2.05, 4.69) is 22.0 Å². The maximum absolute atomic E-state index is 13.9. The van der Waals surface area contributed by atoms with Gasteiger partial charge in [0.15, 0.2) is 5.78 Å². The van der Waals surface area contributed by atoms with Crippen molar-refractivity contribution >= 4 is 21.7 Å². The van der Waals surface area contributed by atoms with Gasteiger partial charge in [0.2, 0.25) is 0 Å². The molecule has 2 aromatic rings. The molecule has 0 N–H and O–H groups in total. The first-order chi connectivity index (χ1) is 9.41. The maximum Gasteiger partial charge on any atom is 0.184 e. The number of halogens is 2. The van der Waals surface area contributed by atoms with Crippen molar-refractivity contribution in [2.75, 3.05) is 0 Å². The van der Waals surface area contributed by atoms with E-state index < -0.39 is 4.32 Å². The zero-order valence-corrected chi connectivity index (χ0v) is 12.9. The Morgan fingerprint density at radius 1 is 1.15 bits per heavy atom. The lowest BCUT2D eigenvalue weighted by molar-refractivity contribution is 0.0960. The van der Waals surface area contributed by atoms with Crippen LogP contribution >= 0.6 is 15.9 Å². The predicted molar refractivity (Wildman–Crippen MR) is 81.0 cm³/mol. The van der Waals surface area contributed by atoms with Crippen LogP contribution in [0.4, 0.5) is 4.39 Å². The van der Waals surface area contributed by atoms with Crippen molar-refractivity contribution in [1.82, 2.24) is 0 Å². The average molecular weight is 333 g/mol. The lowest BCUT2D eigenvalue weighted by Gasteiger charge is -2.21. The second-order valence-corrected chi connectivity index (χ2v) is 6.80. The number of fused-ring (bicyclic) bond motifs is 1. The summed E-state index contributed by atoms with van der Waals surface area (Å²) in [5, 5.41) is 0. The first-order valence-electron chi connectivity index (χ1n) is 6.52. The lowest BCUT2D eigenvalue weighted by atomic mass is 9.92. The highest BCUT2D eigenvalue weighted by atomic mass is 79.9. The topological polar surface area (TPSA) is 17.1 Å². The van der Waals surface area contributed by atoms with Crippen LogP contribution in [0.5, 0.6) is 0 Å². The minimum absolute atomic E-state index is 0.0583. The van der Waals surface area contributed by atoms with Crippen molar-refractivity contribution in [3.63, 3.8) is 0 Å². The Kier molecular flexibility index (Phi) is 3.05. The van der Waals surface area contributed by atoms with Gasteiger partial charge < -0.3 is 0 Å². The Morgan fingerprint density at radius 2 is 1.80 bits per heavy atom. The van der Waals surface area contributed by atoms with E-state index in [4.69, 9.17) is 0 Å². The molecule has 1 nitrogen and oxygen atoms in total. The van der Waals surface area contributed by atoms with Crippen LogP contribution in [-0.4, -0.2) is 5.78 Å². The molecule has 0 heterocycles. The van der Waals surface area contributed by atoms with Crippen LogP contribution in [0.25, 0.3) is 0 Å². The molecule has 1 aliphatic rings. The van der Waals surface area contributed by atoms with E-state index in [0.29, 0.717) is 17.5 Å². The minimum Gasteiger partial charge on any atom is -0.292 e. The average Bonchev–Trinajstić information content (AvgIpc) is 2.64. The van der Waals surface area contributed by atoms with Gasteiger partial charge in [-0.3, -0.25) is 4.79 Å². The van der Waals surface area contributed by atoms with Gasteiger partial charge in [0, 0.05) is 17.5 Å². The summed E-state index contributed by atoms with van der Waals surface area (Å²) in [5.41, 5.74) is 4.09. The summed E-state index contributed by atoms with van der Waals surface area (Å²) in [6.45, 7) is 4.00. The van der Waals surface area contributed by atoms with E-state index in [0.717, 1.165) is 16.7 Å². The quantitative estimate of drug-likeness (QED) is 0.704. The number of benzene rings is 2. The molecular formula is C17H14BrFO. The normalized spacial score (nSPS) is 21.1. The lowest BCUT2D eigenvalue weighted by Crippen LogP contribution is -2.25. The first-order valence-corrected chi connectivity index (χ1v) is 7.31. The van der Waals surface area contributed by atoms with Gasteiger partial charge in [-0.2, -0.15) is 0 Å². The van der Waals surface area contributed by atoms with Crippen LogP contribution in [-0.2, 0) is 10.7 Å². The molecule has 0 bridgehead atoms. The Labute approximate surface area is 126 Å². The summed E-state index contributed by atoms with van der Waals surface area (Å²) in [4.78, 5) is 12.7. The molecule has 1 atom stereocenters. The van der Waals surface area contributed by atoms with Crippen molar-refractivity contribution in [1.29, 1.82) is 0 Å². The molecular weight excluding hydrogens is 319 g/mol. The molecule has 0 spiro atoms. The van der Waals surface area contributed by atoms with Gasteiger partial charge in [-0.05, 0) is 25.5 Å². The minimum atomic E-state index is -0.839. The molecule has 102 valence electrons. The highest BCUT2D eigenvalue weighted by Gasteiger charge is 2.46. The van der Waals surface area contributed by atoms with Crippen molar-refractivity contribution in [2.24, 2.45) is 0 Å². The van der Waals surface area contributed by atoms with E-state index in [-0.39, 0.29) is 11.6 Å². The molecule has 20 heavy (non-hydrogen) atoms. The predicted octanol–water partition coefficient (Wildman–Crippen LogP) is 4.47. The van der Waals surface area contributed by atoms with Crippen molar-refractivity contribution in [3.8, 4) is 0 Å². The first kappa shape index (κ1) is 13.5. The van der Waals surface area contributed by atoms with Crippen LogP contribution in [0.15, 0.2) is 36.4 Å². The highest BCUT2D eigenvalue weighted by Crippen LogP contribution is 2.45. The molecule has 0 radical (unpaired) electrons. The van der Waals surface area contributed by atoms with Gasteiger partial charge in [-0.15, -0.1) is 0 Å². The Morgan fingerprint density at radius 3 is 2.40 bits per heavy atom. The molecule has 0 aromatic heterocycles. The van der Waals surface area contributed by atoms with E-state index in [9.17, 15) is 9.18 Å². The third-order valence-electron chi connectivity index (χ3n) is 3.82. The monoisotopic (exact) mass is 332 g/mol. The van der Waals surface area contributed by atoms with Crippen molar-refractivity contribution in [2.45, 2.75) is 24.6 Å². The third kappa shape index (κ3) is 1.92. The molecule has 0 saturated carbocycles. The smallest absolute Gasteiger partial charge is 0.184 e. The second kappa shape index (κ2) is 4.52. The molecule has 0 fully saturated rings. The van der Waals surface area contributed by atoms with Gasteiger partial charge >= 0.3 is 0 Å². The SMILES string of the molecule is Cc1cc(C)cc(C2(Br)Cc3c(F)cccc3C2=O)c1.